The minimum atomic E-state index is 0.0409. The van der Waals surface area contributed by atoms with Crippen LogP contribution in [0.1, 0.15) is 38.8 Å². The van der Waals surface area contributed by atoms with Crippen LogP contribution in [0.25, 0.3) is 5.78 Å². The van der Waals surface area contributed by atoms with Gasteiger partial charge in [-0.05, 0) is 23.1 Å². The summed E-state index contributed by atoms with van der Waals surface area (Å²) in [6.45, 7) is 0.744. The van der Waals surface area contributed by atoms with Gasteiger partial charge in [0.15, 0.2) is 0 Å². The SMILES string of the molecule is O=C1c2cnc3nc(SCc4ccccc4)nn3c2C[C@@H]2c3ccccc3CCN12. The number of amides is 1. The van der Waals surface area contributed by atoms with Crippen LogP contribution in [0.15, 0.2) is 66.0 Å². The summed E-state index contributed by atoms with van der Waals surface area (Å²) >= 11 is 1.58. The third-order valence-corrected chi connectivity index (χ3v) is 6.86. The first-order chi connectivity index (χ1) is 14.8. The van der Waals surface area contributed by atoms with E-state index < -0.39 is 0 Å². The van der Waals surface area contributed by atoms with Gasteiger partial charge in [0.25, 0.3) is 11.7 Å². The zero-order chi connectivity index (χ0) is 20.1. The molecule has 1 amide bonds. The van der Waals surface area contributed by atoms with Crippen molar-refractivity contribution >= 4 is 23.4 Å². The van der Waals surface area contributed by atoms with Crippen molar-refractivity contribution in [2.45, 2.75) is 29.8 Å². The standard InChI is InChI=1S/C23H19N5OS/c29-21-18-13-24-22-25-23(30-14-15-6-2-1-3-7-15)26-28(22)20(18)12-19-17-9-5-4-8-16(17)10-11-27(19)21/h1-9,13,19H,10-12,14H2/t19-/m1/s1. The quantitative estimate of drug-likeness (QED) is 0.479. The molecule has 148 valence electrons. The van der Waals surface area contributed by atoms with Gasteiger partial charge in [-0.2, -0.15) is 9.50 Å². The summed E-state index contributed by atoms with van der Waals surface area (Å²) in [5, 5.41) is 5.38. The first-order valence-corrected chi connectivity index (χ1v) is 11.1. The largest absolute Gasteiger partial charge is 0.331 e. The Hall–Kier alpha value is -3.19. The summed E-state index contributed by atoms with van der Waals surface area (Å²) in [6.07, 6.45) is 3.29. The van der Waals surface area contributed by atoms with E-state index in [-0.39, 0.29) is 11.9 Å². The topological polar surface area (TPSA) is 63.4 Å². The molecule has 0 spiro atoms. The van der Waals surface area contributed by atoms with Crippen LogP contribution in [0.5, 0.6) is 0 Å². The fraction of sp³-hybridized carbons (Fsp3) is 0.217. The molecular weight excluding hydrogens is 394 g/mol. The Balaban J connectivity index is 1.37. The van der Waals surface area contributed by atoms with Crippen LogP contribution >= 0.6 is 11.8 Å². The Kier molecular flexibility index (Phi) is 4.09. The maximum Gasteiger partial charge on any atom is 0.257 e. The third-order valence-electron chi connectivity index (χ3n) is 5.95. The highest BCUT2D eigenvalue weighted by atomic mass is 32.2. The van der Waals surface area contributed by atoms with E-state index in [1.807, 2.05) is 23.1 Å². The minimum Gasteiger partial charge on any atom is -0.331 e. The molecule has 4 heterocycles. The molecule has 2 aromatic carbocycles. The second-order valence-corrected chi connectivity index (χ2v) is 8.61. The number of rotatable bonds is 3. The molecule has 0 radical (unpaired) electrons. The molecule has 2 aromatic heterocycles. The van der Waals surface area contributed by atoms with E-state index in [1.165, 1.54) is 16.7 Å². The molecule has 2 aliphatic heterocycles. The number of hydrogen-bond acceptors (Lipinski definition) is 5. The third kappa shape index (κ3) is 2.81. The number of nitrogens with zero attached hydrogens (tertiary/aromatic N) is 5. The molecule has 0 aliphatic carbocycles. The summed E-state index contributed by atoms with van der Waals surface area (Å²) in [6, 6.07) is 18.7. The average Bonchev–Trinajstić information content (AvgIpc) is 3.22. The van der Waals surface area contributed by atoms with E-state index in [0.717, 1.165) is 30.8 Å². The normalized spacial score (nSPS) is 17.5. The van der Waals surface area contributed by atoms with E-state index >= 15 is 0 Å². The Bertz CT molecular complexity index is 1270. The van der Waals surface area contributed by atoms with E-state index in [9.17, 15) is 4.79 Å². The zero-order valence-corrected chi connectivity index (χ0v) is 17.0. The lowest BCUT2D eigenvalue weighted by molar-refractivity contribution is 0.0626. The molecule has 7 heteroatoms. The summed E-state index contributed by atoms with van der Waals surface area (Å²) in [5.74, 6) is 1.39. The molecule has 0 unspecified atom stereocenters. The van der Waals surface area contributed by atoms with Gasteiger partial charge in [0.05, 0.1) is 17.3 Å². The highest BCUT2D eigenvalue weighted by molar-refractivity contribution is 7.98. The van der Waals surface area contributed by atoms with Crippen LogP contribution in [0.3, 0.4) is 0 Å². The Labute approximate surface area is 178 Å². The van der Waals surface area contributed by atoms with E-state index in [4.69, 9.17) is 5.10 Å². The van der Waals surface area contributed by atoms with Gasteiger partial charge in [-0.1, -0.05) is 66.4 Å². The van der Waals surface area contributed by atoms with Gasteiger partial charge >= 0.3 is 0 Å². The molecule has 4 aromatic rings. The van der Waals surface area contributed by atoms with Crippen molar-refractivity contribution in [3.05, 3.63) is 88.7 Å². The summed E-state index contributed by atoms with van der Waals surface area (Å²) in [5.41, 5.74) is 5.34. The molecule has 30 heavy (non-hydrogen) atoms. The monoisotopic (exact) mass is 413 g/mol. The van der Waals surface area contributed by atoms with Gasteiger partial charge in [0, 0.05) is 24.9 Å². The zero-order valence-electron chi connectivity index (χ0n) is 16.2. The highest BCUT2D eigenvalue weighted by Gasteiger charge is 2.38. The van der Waals surface area contributed by atoms with E-state index in [1.54, 1.807) is 22.5 Å². The number of hydrogen-bond donors (Lipinski definition) is 0. The second-order valence-electron chi connectivity index (χ2n) is 7.67. The molecule has 1 atom stereocenters. The van der Waals surface area contributed by atoms with Crippen LogP contribution in [0.2, 0.25) is 0 Å². The highest BCUT2D eigenvalue weighted by Crippen LogP contribution is 2.37. The van der Waals surface area contributed by atoms with Crippen LogP contribution in [-0.4, -0.2) is 36.9 Å². The van der Waals surface area contributed by atoms with Crippen molar-refractivity contribution in [1.82, 2.24) is 24.5 Å². The molecule has 0 N–H and O–H groups in total. The van der Waals surface area contributed by atoms with Crippen LogP contribution in [-0.2, 0) is 18.6 Å². The van der Waals surface area contributed by atoms with Gasteiger partial charge in [0.2, 0.25) is 5.16 Å². The van der Waals surface area contributed by atoms with Gasteiger partial charge in [-0.25, -0.2) is 4.98 Å². The van der Waals surface area contributed by atoms with Crippen molar-refractivity contribution < 1.29 is 4.79 Å². The number of carbonyl (C=O) groups is 1. The lowest BCUT2D eigenvalue weighted by atomic mass is 9.86. The first-order valence-electron chi connectivity index (χ1n) is 10.1. The van der Waals surface area contributed by atoms with Crippen LogP contribution < -0.4 is 0 Å². The Morgan fingerprint density at radius 3 is 2.80 bits per heavy atom. The minimum absolute atomic E-state index is 0.0409. The van der Waals surface area contributed by atoms with E-state index in [2.05, 4.69) is 46.4 Å². The second kappa shape index (κ2) is 6.95. The lowest BCUT2D eigenvalue weighted by Gasteiger charge is -2.40. The predicted octanol–water partition coefficient (Wildman–Crippen LogP) is 3.71. The fourth-order valence-corrected chi connectivity index (χ4v) is 5.25. The van der Waals surface area contributed by atoms with Crippen LogP contribution in [0, 0.1) is 0 Å². The van der Waals surface area contributed by atoms with Crippen molar-refractivity contribution in [2.24, 2.45) is 0 Å². The predicted molar refractivity (Wildman–Crippen MR) is 114 cm³/mol. The van der Waals surface area contributed by atoms with E-state index in [0.29, 0.717) is 16.5 Å². The van der Waals surface area contributed by atoms with Crippen molar-refractivity contribution in [3.63, 3.8) is 0 Å². The van der Waals surface area contributed by atoms with Gasteiger partial charge in [-0.15, -0.1) is 5.10 Å². The lowest BCUT2D eigenvalue weighted by Crippen LogP contribution is -2.45. The Morgan fingerprint density at radius 2 is 1.90 bits per heavy atom. The molecule has 2 aliphatic rings. The van der Waals surface area contributed by atoms with Gasteiger partial charge in [0.1, 0.15) is 0 Å². The summed E-state index contributed by atoms with van der Waals surface area (Å²) in [4.78, 5) is 24.2. The van der Waals surface area contributed by atoms with Crippen LogP contribution in [0.4, 0.5) is 0 Å². The number of aromatic nitrogens is 4. The van der Waals surface area contributed by atoms with Crippen molar-refractivity contribution in [3.8, 4) is 0 Å². The number of benzene rings is 2. The molecular formula is C23H19N5OS. The maximum atomic E-state index is 13.2. The fourth-order valence-electron chi connectivity index (χ4n) is 4.47. The number of thioether (sulfide) groups is 1. The number of fused-ring (bicyclic) bond motifs is 6. The van der Waals surface area contributed by atoms with Crippen molar-refractivity contribution in [1.29, 1.82) is 0 Å². The number of carbonyl (C=O) groups excluding carboxylic acids is 1. The molecule has 6 rings (SSSR count). The molecule has 0 bridgehead atoms. The Morgan fingerprint density at radius 1 is 1.07 bits per heavy atom. The molecule has 0 saturated carbocycles. The molecule has 0 saturated heterocycles. The van der Waals surface area contributed by atoms with Gasteiger partial charge in [-0.3, -0.25) is 4.79 Å². The van der Waals surface area contributed by atoms with Crippen molar-refractivity contribution in [2.75, 3.05) is 6.54 Å². The summed E-state index contributed by atoms with van der Waals surface area (Å²) < 4.78 is 1.77. The first kappa shape index (κ1) is 17.7. The maximum absolute atomic E-state index is 13.2. The summed E-state index contributed by atoms with van der Waals surface area (Å²) in [7, 11) is 0. The van der Waals surface area contributed by atoms with Gasteiger partial charge < -0.3 is 4.90 Å². The smallest absolute Gasteiger partial charge is 0.257 e. The molecule has 6 nitrogen and oxygen atoms in total. The average molecular weight is 414 g/mol. The molecule has 0 fully saturated rings.